The third-order valence-electron chi connectivity index (χ3n) is 13.7. The van der Waals surface area contributed by atoms with Crippen LogP contribution in [0, 0.1) is 5.41 Å². The first-order valence-electron chi connectivity index (χ1n) is 25.7. The van der Waals surface area contributed by atoms with Gasteiger partial charge in [-0.05, 0) is 162 Å². The van der Waals surface area contributed by atoms with Crippen molar-refractivity contribution in [2.45, 2.75) is 162 Å². The summed E-state index contributed by atoms with van der Waals surface area (Å²) in [5.41, 5.74) is -1.84. The molecule has 4 aromatic carbocycles. The van der Waals surface area contributed by atoms with Gasteiger partial charge in [0.15, 0.2) is 0 Å². The Bertz CT molecular complexity index is 2830. The van der Waals surface area contributed by atoms with Crippen molar-refractivity contribution in [2.24, 2.45) is 30.4 Å². The van der Waals surface area contributed by atoms with Crippen LogP contribution in [0.15, 0.2) is 122 Å². The van der Waals surface area contributed by atoms with Gasteiger partial charge in [0.1, 0.15) is 19.8 Å². The van der Waals surface area contributed by atoms with Crippen LogP contribution in [0.1, 0.15) is 162 Å². The van der Waals surface area contributed by atoms with E-state index in [1.54, 1.807) is 139 Å². The van der Waals surface area contributed by atoms with Crippen LogP contribution in [0.4, 0.5) is 14.4 Å². The summed E-state index contributed by atoms with van der Waals surface area (Å²) in [7, 11) is 0. The predicted octanol–water partition coefficient (Wildman–Crippen LogP) is 11.5. The van der Waals surface area contributed by atoms with Gasteiger partial charge in [0.25, 0.3) is 0 Å². The average molecular weight is 1100 g/mol. The van der Waals surface area contributed by atoms with E-state index in [0.29, 0.717) is 16.7 Å². The Balaban J connectivity index is 0.000000788. The number of ether oxygens (including phenoxy) is 3. The third kappa shape index (κ3) is 18.6. The van der Waals surface area contributed by atoms with Gasteiger partial charge in [-0.25, -0.2) is 38.4 Å². The van der Waals surface area contributed by atoms with Crippen LogP contribution in [-0.2, 0) is 82.5 Å². The van der Waals surface area contributed by atoms with E-state index >= 15 is 0 Å². The quantitative estimate of drug-likeness (QED) is 0.0378. The molecule has 0 spiro atoms. The zero-order valence-corrected chi connectivity index (χ0v) is 49.1. The number of amides is 3. The van der Waals surface area contributed by atoms with Gasteiger partial charge >= 0.3 is 18.3 Å². The Morgan fingerprint density at radius 3 is 0.700 bits per heavy atom. The number of hydrogen-bond donors (Lipinski definition) is 3. The number of aliphatic imine (C=N–C) groups is 5. The highest BCUT2D eigenvalue weighted by atomic mass is 16.6. The second kappa shape index (κ2) is 26.5. The molecule has 0 saturated carbocycles. The molecule has 4 aromatic rings. The maximum Gasteiger partial charge on any atom is 0.407 e. The van der Waals surface area contributed by atoms with E-state index in [0.717, 1.165) is 27.8 Å². The van der Waals surface area contributed by atoms with Crippen LogP contribution < -0.4 is 16.0 Å². The molecule has 0 atom stereocenters. The topological polar surface area (TPSA) is 262 Å². The largest absolute Gasteiger partial charge is 0.449 e. The van der Waals surface area contributed by atoms with E-state index in [9.17, 15) is 38.4 Å². The van der Waals surface area contributed by atoms with Gasteiger partial charge in [0, 0.05) is 0 Å². The van der Waals surface area contributed by atoms with Crippen LogP contribution in [0.3, 0.4) is 0 Å². The number of carbonyl (C=O) groups is 3. The molecular formula is C61H76N8O11. The van der Waals surface area contributed by atoms with Crippen molar-refractivity contribution in [3.63, 3.8) is 0 Å². The summed E-state index contributed by atoms with van der Waals surface area (Å²) < 4.78 is 17.2. The van der Waals surface area contributed by atoms with Gasteiger partial charge in [-0.2, -0.15) is 25.0 Å². The Morgan fingerprint density at radius 1 is 0.338 bits per heavy atom. The Labute approximate surface area is 469 Å². The van der Waals surface area contributed by atoms with Crippen LogP contribution in [0.2, 0.25) is 0 Å². The third-order valence-corrected chi connectivity index (χ3v) is 13.7. The lowest BCUT2D eigenvalue weighted by molar-refractivity contribution is -0.00793. The Kier molecular flexibility index (Phi) is 21.8. The van der Waals surface area contributed by atoms with Gasteiger partial charge in [-0.15, -0.1) is 0 Å². The van der Waals surface area contributed by atoms with Crippen molar-refractivity contribution in [1.29, 1.82) is 0 Å². The molecule has 19 heteroatoms. The van der Waals surface area contributed by atoms with Crippen molar-refractivity contribution < 1.29 is 52.6 Å². The number of isocyanates is 5. The van der Waals surface area contributed by atoms with Gasteiger partial charge < -0.3 is 30.2 Å². The first-order chi connectivity index (χ1) is 36.9. The second-order valence-electron chi connectivity index (χ2n) is 23.9. The standard InChI is InChI=1S/C47H60N6O9.C14H16N2O2/c1-41(2,48-29-54)32-17-14-20-35(23-32)44(7,8)51-38(57)60-26-47(13,27-61-39(58)52-45(9,10)36-21-15-18-33(24-36)42(3,4)49-30-55)28-62-40(59)53-46(11,12)37-22-16-19-34(25-37)43(5,6)50-31-56;1-13(2,15-9-17)11-6-5-7-12(8-11)14(3,4)16-10-18/h14-25H,26-28H2,1-13H3,(H,51,57)(H,52,58)(H,53,59);5-8H,1-4H3. The molecular weight excluding hydrogens is 1020 g/mol. The van der Waals surface area contributed by atoms with E-state index in [4.69, 9.17) is 14.2 Å². The number of carbonyl (C=O) groups excluding carboxylic acids is 8. The van der Waals surface area contributed by atoms with Crippen molar-refractivity contribution in [3.05, 3.63) is 142 Å². The Morgan fingerprint density at radius 2 is 0.512 bits per heavy atom. The molecule has 19 nitrogen and oxygen atoms in total. The summed E-state index contributed by atoms with van der Waals surface area (Å²) in [6.07, 6.45) is 5.60. The summed E-state index contributed by atoms with van der Waals surface area (Å²) in [6.45, 7) is 29.3. The van der Waals surface area contributed by atoms with Crippen LogP contribution in [-0.4, -0.2) is 68.5 Å². The summed E-state index contributed by atoms with van der Waals surface area (Å²) in [5.74, 6) is 0. The lowest BCUT2D eigenvalue weighted by Crippen LogP contribution is -2.47. The molecule has 0 aromatic heterocycles. The summed E-state index contributed by atoms with van der Waals surface area (Å²) >= 11 is 0. The van der Waals surface area contributed by atoms with E-state index in [2.05, 4.69) is 40.9 Å². The maximum atomic E-state index is 13.4. The number of benzene rings is 4. The minimum atomic E-state index is -1.26. The fourth-order valence-corrected chi connectivity index (χ4v) is 7.97. The van der Waals surface area contributed by atoms with Crippen LogP contribution in [0.25, 0.3) is 0 Å². The van der Waals surface area contributed by atoms with Crippen LogP contribution in [0.5, 0.6) is 0 Å². The number of nitrogens with one attached hydrogen (secondary N) is 3. The van der Waals surface area contributed by atoms with Crippen molar-refractivity contribution in [1.82, 2.24) is 16.0 Å². The molecule has 0 aliphatic rings. The van der Waals surface area contributed by atoms with E-state index in [1.807, 2.05) is 107 Å². The molecule has 0 aliphatic carbocycles. The summed E-state index contributed by atoms with van der Waals surface area (Å²) in [6, 6.07) is 29.3. The first kappa shape index (κ1) is 65.9. The molecule has 4 rings (SSSR count). The fourth-order valence-electron chi connectivity index (χ4n) is 7.97. The van der Waals surface area contributed by atoms with Crippen molar-refractivity contribution >= 4 is 48.7 Å². The highest BCUT2D eigenvalue weighted by Crippen LogP contribution is 2.34. The zero-order valence-electron chi connectivity index (χ0n) is 49.1. The van der Waals surface area contributed by atoms with Crippen molar-refractivity contribution in [2.75, 3.05) is 19.8 Å². The minimum absolute atomic E-state index is 0.341. The number of nitrogens with zero attached hydrogens (tertiary/aromatic N) is 5. The first-order valence-corrected chi connectivity index (χ1v) is 25.7. The normalized spacial score (nSPS) is 12.7. The van der Waals surface area contributed by atoms with E-state index in [1.165, 1.54) is 0 Å². The summed E-state index contributed by atoms with van der Waals surface area (Å²) in [5, 5.41) is 8.59. The molecule has 80 heavy (non-hydrogen) atoms. The van der Waals surface area contributed by atoms with Gasteiger partial charge in [-0.3, -0.25) is 0 Å². The zero-order chi connectivity index (χ0) is 60.6. The molecule has 0 bridgehead atoms. The lowest BCUT2D eigenvalue weighted by Gasteiger charge is -2.33. The summed E-state index contributed by atoms with van der Waals surface area (Å²) in [4.78, 5) is 113. The maximum absolute atomic E-state index is 13.4. The molecule has 3 amide bonds. The molecule has 0 unspecified atom stereocenters. The molecule has 0 saturated heterocycles. The number of hydrogen-bond acceptors (Lipinski definition) is 16. The predicted molar refractivity (Wildman–Crippen MR) is 302 cm³/mol. The molecule has 426 valence electrons. The highest BCUT2D eigenvalue weighted by molar-refractivity contribution is 5.70. The SMILES string of the molecule is CC(C)(N=C=O)c1cccc(C(C)(C)N=C=O)c1.CC(COC(=O)NC(C)(C)c1cccc(C(C)(C)N=C=O)c1)(COC(=O)NC(C)(C)c1cccc(C(C)(C)N=C=O)c1)COC(=O)NC(C)(C)c1cccc(C(C)(C)N=C=O)c1. The average Bonchev–Trinajstić information content (AvgIpc) is 3.37. The van der Waals surface area contributed by atoms with Gasteiger partial charge in [0.2, 0.25) is 30.4 Å². The van der Waals surface area contributed by atoms with Crippen LogP contribution >= 0.6 is 0 Å². The second-order valence-corrected chi connectivity index (χ2v) is 23.9. The number of alkyl carbamates (subject to hydrolysis) is 3. The van der Waals surface area contributed by atoms with Gasteiger partial charge in [0.05, 0.1) is 49.7 Å². The molecule has 0 fully saturated rings. The van der Waals surface area contributed by atoms with E-state index in [-0.39, 0.29) is 19.8 Å². The Hall–Kier alpha value is -8.41. The minimum Gasteiger partial charge on any atom is -0.449 e. The molecule has 0 aliphatic heterocycles. The molecule has 3 N–H and O–H groups in total. The van der Waals surface area contributed by atoms with E-state index < -0.39 is 68.0 Å². The fraction of sp³-hybridized carbons (Fsp3) is 0.475. The molecule has 0 radical (unpaired) electrons. The molecule has 0 heterocycles. The monoisotopic (exact) mass is 1100 g/mol. The van der Waals surface area contributed by atoms with Crippen molar-refractivity contribution in [3.8, 4) is 0 Å². The lowest BCUT2D eigenvalue weighted by atomic mass is 9.88. The number of rotatable bonds is 22. The smallest absolute Gasteiger partial charge is 0.407 e. The van der Waals surface area contributed by atoms with Gasteiger partial charge in [-0.1, -0.05) is 97.1 Å². The highest BCUT2D eigenvalue weighted by Gasteiger charge is 2.36.